The Balaban J connectivity index is 0.000000511. The summed E-state index contributed by atoms with van der Waals surface area (Å²) in [5.74, 6) is 0. The number of rotatable bonds is 4. The molecule has 0 aliphatic heterocycles. The van der Waals surface area contributed by atoms with Crippen molar-refractivity contribution < 1.29 is 15.1 Å². The van der Waals surface area contributed by atoms with Gasteiger partial charge in [0.25, 0.3) is 0 Å². The number of hydrogen-bond acceptors (Lipinski definition) is 3. The van der Waals surface area contributed by atoms with Crippen LogP contribution in [-0.2, 0) is 0 Å². The van der Waals surface area contributed by atoms with Crippen LogP contribution < -0.4 is 15.9 Å². The summed E-state index contributed by atoms with van der Waals surface area (Å²) >= 11 is 0. The van der Waals surface area contributed by atoms with Crippen molar-refractivity contribution >= 4 is 30.5 Å². The highest BCUT2D eigenvalue weighted by Crippen LogP contribution is 2.54. The van der Waals surface area contributed by atoms with Crippen molar-refractivity contribution in [3.8, 4) is 0 Å². The van der Waals surface area contributed by atoms with E-state index in [-0.39, 0.29) is 0 Å². The van der Waals surface area contributed by atoms with Gasteiger partial charge < -0.3 is 15.1 Å². The third kappa shape index (κ3) is 4.78. The van der Waals surface area contributed by atoms with Gasteiger partial charge in [0.2, 0.25) is 0 Å². The van der Waals surface area contributed by atoms with Gasteiger partial charge in [-0.15, -0.1) is 0 Å². The van der Waals surface area contributed by atoms with Gasteiger partial charge in [-0.3, -0.25) is 0 Å². The maximum absolute atomic E-state index is 7.17. The van der Waals surface area contributed by atoms with Crippen LogP contribution in [0.15, 0.2) is 91.0 Å². The average molecular weight is 353 g/mol. The fraction of sp³-hybridized carbons (Fsp3) is 0.100. The van der Waals surface area contributed by atoms with Gasteiger partial charge in [-0.1, -0.05) is 54.6 Å². The fourth-order valence-corrected chi connectivity index (χ4v) is 7.08. The van der Waals surface area contributed by atoms with E-state index in [1.54, 1.807) is 0 Å². The molecule has 3 aromatic carbocycles. The second-order valence-corrected chi connectivity index (χ2v) is 9.28. The van der Waals surface area contributed by atoms with Crippen LogP contribution in [0.2, 0.25) is 0 Å². The zero-order valence-corrected chi connectivity index (χ0v) is 15.1. The van der Waals surface area contributed by atoms with Crippen molar-refractivity contribution in [2.75, 3.05) is 6.16 Å². The molecule has 3 N–H and O–H groups in total. The topological polar surface area (TPSA) is 60.7 Å². The van der Waals surface area contributed by atoms with Crippen molar-refractivity contribution in [3.63, 3.8) is 0 Å². The van der Waals surface area contributed by atoms with Crippen molar-refractivity contribution in [2.45, 2.75) is 6.92 Å². The molecular formula is C20H23BO3P+. The van der Waals surface area contributed by atoms with Crippen LogP contribution in [0.3, 0.4) is 0 Å². The molecular weight excluding hydrogens is 330 g/mol. The van der Waals surface area contributed by atoms with E-state index in [4.69, 9.17) is 15.1 Å². The third-order valence-electron chi connectivity index (χ3n) is 4.07. The first-order valence-corrected chi connectivity index (χ1v) is 10.2. The summed E-state index contributed by atoms with van der Waals surface area (Å²) in [7, 11) is -3.70. The van der Waals surface area contributed by atoms with Crippen LogP contribution >= 0.6 is 7.26 Å². The van der Waals surface area contributed by atoms with E-state index in [2.05, 4.69) is 97.9 Å². The molecule has 5 heteroatoms. The van der Waals surface area contributed by atoms with Gasteiger partial charge in [-0.2, -0.15) is 0 Å². The van der Waals surface area contributed by atoms with E-state index < -0.39 is 14.6 Å². The SMILES string of the molecule is CC[P+](c1ccccc1)(c1ccccc1)c1ccccc1.OB(O)O. The molecule has 128 valence electrons. The summed E-state index contributed by atoms with van der Waals surface area (Å²) in [6.07, 6.45) is 1.14. The fourth-order valence-electron chi connectivity index (χ4n) is 3.04. The third-order valence-corrected chi connectivity index (χ3v) is 8.55. The zero-order valence-electron chi connectivity index (χ0n) is 14.2. The summed E-state index contributed by atoms with van der Waals surface area (Å²) in [5.41, 5.74) is 0. The lowest BCUT2D eigenvalue weighted by Crippen LogP contribution is -2.32. The molecule has 0 fully saturated rings. The first kappa shape index (κ1) is 19.4. The Labute approximate surface area is 150 Å². The minimum atomic E-state index is -2.17. The lowest BCUT2D eigenvalue weighted by atomic mass is 10.3. The van der Waals surface area contributed by atoms with E-state index in [1.165, 1.54) is 15.9 Å². The van der Waals surface area contributed by atoms with E-state index >= 15 is 0 Å². The molecule has 3 rings (SSSR count). The van der Waals surface area contributed by atoms with Crippen molar-refractivity contribution in [2.24, 2.45) is 0 Å². The molecule has 0 saturated carbocycles. The molecule has 25 heavy (non-hydrogen) atoms. The van der Waals surface area contributed by atoms with E-state index in [9.17, 15) is 0 Å². The predicted molar refractivity (Wildman–Crippen MR) is 108 cm³/mol. The molecule has 0 amide bonds. The first-order valence-electron chi connectivity index (χ1n) is 8.20. The van der Waals surface area contributed by atoms with Gasteiger partial charge in [0.15, 0.2) is 0 Å². The minimum Gasteiger partial charge on any atom is -0.402 e. The van der Waals surface area contributed by atoms with Crippen LogP contribution in [0.5, 0.6) is 0 Å². The van der Waals surface area contributed by atoms with Gasteiger partial charge in [0.1, 0.15) is 23.2 Å². The average Bonchev–Trinajstić information content (AvgIpc) is 2.65. The number of hydrogen-bond donors (Lipinski definition) is 3. The molecule has 3 aromatic rings. The predicted octanol–water partition coefficient (Wildman–Crippen LogP) is 1.95. The molecule has 0 aromatic heterocycles. The standard InChI is InChI=1S/C20H20P.BH3O3/c1-2-21(18-12-6-3-7-13-18,19-14-8-4-9-15-19)20-16-10-5-11-17-20;2-1(3)4/h3-17H,2H2,1H3;2-4H/q+1;. The van der Waals surface area contributed by atoms with Crippen molar-refractivity contribution in [1.82, 2.24) is 0 Å². The normalized spacial score (nSPS) is 10.6. The summed E-state index contributed by atoms with van der Waals surface area (Å²) in [6.45, 7) is 2.32. The molecule has 0 atom stereocenters. The van der Waals surface area contributed by atoms with Crippen LogP contribution in [0, 0.1) is 0 Å². The second kappa shape index (κ2) is 9.50. The summed E-state index contributed by atoms with van der Waals surface area (Å²) < 4.78 is 0. The molecule has 3 nitrogen and oxygen atoms in total. The molecule has 0 spiro atoms. The van der Waals surface area contributed by atoms with E-state index in [1.807, 2.05) is 0 Å². The zero-order chi connectivity index (χ0) is 18.1. The van der Waals surface area contributed by atoms with Gasteiger partial charge in [0, 0.05) is 0 Å². The smallest absolute Gasteiger partial charge is 0.402 e. The Hall–Kier alpha value is -1.97. The van der Waals surface area contributed by atoms with Gasteiger partial charge in [0.05, 0.1) is 6.16 Å². The van der Waals surface area contributed by atoms with E-state index in [0.717, 1.165) is 6.16 Å². The molecule has 0 radical (unpaired) electrons. The highest BCUT2D eigenvalue weighted by Gasteiger charge is 2.43. The molecule has 0 heterocycles. The van der Waals surface area contributed by atoms with Gasteiger partial charge in [-0.05, 0) is 43.3 Å². The Morgan fingerprint density at radius 1 is 0.600 bits per heavy atom. The second-order valence-electron chi connectivity index (χ2n) is 5.48. The van der Waals surface area contributed by atoms with Crippen molar-refractivity contribution in [3.05, 3.63) is 91.0 Å². The molecule has 0 bridgehead atoms. The Bertz CT molecular complexity index is 637. The minimum absolute atomic E-state index is 1.14. The lowest BCUT2D eigenvalue weighted by molar-refractivity contribution is 0.278. The summed E-state index contributed by atoms with van der Waals surface area (Å²) in [5, 5.41) is 25.9. The maximum Gasteiger partial charge on any atom is 0.631 e. The van der Waals surface area contributed by atoms with Gasteiger partial charge in [-0.25, -0.2) is 0 Å². The Kier molecular flexibility index (Phi) is 7.36. The highest BCUT2D eigenvalue weighted by molar-refractivity contribution is 7.95. The summed E-state index contributed by atoms with van der Waals surface area (Å²) in [4.78, 5) is 0. The van der Waals surface area contributed by atoms with Crippen LogP contribution in [0.1, 0.15) is 6.92 Å². The van der Waals surface area contributed by atoms with Crippen LogP contribution in [0.25, 0.3) is 0 Å². The molecule has 0 aliphatic carbocycles. The monoisotopic (exact) mass is 353 g/mol. The largest absolute Gasteiger partial charge is 0.631 e. The molecule has 0 aliphatic rings. The van der Waals surface area contributed by atoms with E-state index in [0.29, 0.717) is 0 Å². The Morgan fingerprint density at radius 2 is 0.840 bits per heavy atom. The van der Waals surface area contributed by atoms with Crippen LogP contribution in [-0.4, -0.2) is 28.6 Å². The quantitative estimate of drug-likeness (QED) is 0.496. The van der Waals surface area contributed by atoms with Crippen LogP contribution in [0.4, 0.5) is 0 Å². The maximum atomic E-state index is 7.17. The molecule has 0 saturated heterocycles. The lowest BCUT2D eigenvalue weighted by Gasteiger charge is -2.26. The molecule has 0 unspecified atom stereocenters. The van der Waals surface area contributed by atoms with Gasteiger partial charge >= 0.3 is 7.32 Å². The van der Waals surface area contributed by atoms with Crippen molar-refractivity contribution in [1.29, 1.82) is 0 Å². The first-order chi connectivity index (χ1) is 12.1. The summed E-state index contributed by atoms with van der Waals surface area (Å²) in [6, 6.07) is 33.0. The Morgan fingerprint density at radius 3 is 1.04 bits per heavy atom. The number of benzene rings is 3. The highest BCUT2D eigenvalue weighted by atomic mass is 31.2.